The number of nitrogens with one attached hydrogen (secondary N) is 1. The van der Waals surface area contributed by atoms with E-state index in [0.717, 1.165) is 23.6 Å². The van der Waals surface area contributed by atoms with Gasteiger partial charge in [0.25, 0.3) is 5.91 Å². The Hall–Kier alpha value is -2.47. The Balaban J connectivity index is 1.84. The van der Waals surface area contributed by atoms with Crippen LogP contribution in [0.15, 0.2) is 36.7 Å². The fourth-order valence-corrected chi connectivity index (χ4v) is 2.93. The van der Waals surface area contributed by atoms with Gasteiger partial charge in [0.15, 0.2) is 0 Å². The molecule has 0 radical (unpaired) electrons. The van der Waals surface area contributed by atoms with E-state index in [1.54, 1.807) is 6.20 Å². The van der Waals surface area contributed by atoms with Crippen LogP contribution in [0.3, 0.4) is 0 Å². The molecule has 0 aliphatic carbocycles. The van der Waals surface area contributed by atoms with Gasteiger partial charge in [0.2, 0.25) is 0 Å². The summed E-state index contributed by atoms with van der Waals surface area (Å²) in [5.74, 6) is -1.68. The number of aromatic nitrogens is 1. The number of carboxylic acids is 1. The summed E-state index contributed by atoms with van der Waals surface area (Å²) in [6.45, 7) is 0.995. The fourth-order valence-electron chi connectivity index (χ4n) is 2.93. The second kappa shape index (κ2) is 6.75. The highest BCUT2D eigenvalue weighted by Crippen LogP contribution is 2.20. The predicted octanol–water partition coefficient (Wildman–Crippen LogP) is 1.84. The molecule has 6 nitrogen and oxygen atoms in total. The minimum Gasteiger partial charge on any atom is -0.480 e. The van der Waals surface area contributed by atoms with Crippen LogP contribution in [-0.2, 0) is 9.53 Å². The number of rotatable bonds is 4. The van der Waals surface area contributed by atoms with Crippen LogP contribution in [0, 0.1) is 5.92 Å². The molecule has 0 saturated carbocycles. The van der Waals surface area contributed by atoms with Crippen molar-refractivity contribution in [2.75, 3.05) is 13.2 Å². The van der Waals surface area contributed by atoms with Gasteiger partial charge in [-0.2, -0.15) is 0 Å². The largest absolute Gasteiger partial charge is 0.480 e. The molecule has 1 amide bonds. The zero-order chi connectivity index (χ0) is 16.2. The van der Waals surface area contributed by atoms with Gasteiger partial charge in [0.05, 0.1) is 12.2 Å². The Morgan fingerprint density at radius 3 is 2.87 bits per heavy atom. The van der Waals surface area contributed by atoms with Crippen LogP contribution in [0.2, 0.25) is 0 Å². The molecule has 1 aliphatic rings. The van der Waals surface area contributed by atoms with Crippen molar-refractivity contribution in [1.82, 2.24) is 10.3 Å². The molecule has 2 unspecified atom stereocenters. The smallest absolute Gasteiger partial charge is 0.326 e. The average Bonchev–Trinajstić information content (AvgIpc) is 2.59. The number of fused-ring (bicyclic) bond motifs is 1. The first-order valence-corrected chi connectivity index (χ1v) is 7.61. The van der Waals surface area contributed by atoms with Gasteiger partial charge in [-0.15, -0.1) is 0 Å². The third-order valence-corrected chi connectivity index (χ3v) is 4.13. The van der Waals surface area contributed by atoms with Gasteiger partial charge >= 0.3 is 5.97 Å². The molecule has 1 fully saturated rings. The highest BCUT2D eigenvalue weighted by Gasteiger charge is 2.31. The molecule has 0 spiro atoms. The highest BCUT2D eigenvalue weighted by atomic mass is 16.5. The van der Waals surface area contributed by atoms with Crippen molar-refractivity contribution in [1.29, 1.82) is 0 Å². The third kappa shape index (κ3) is 3.32. The van der Waals surface area contributed by atoms with E-state index in [4.69, 9.17) is 4.74 Å². The van der Waals surface area contributed by atoms with Crippen molar-refractivity contribution in [3.8, 4) is 0 Å². The van der Waals surface area contributed by atoms with Gasteiger partial charge < -0.3 is 15.2 Å². The number of pyridine rings is 1. The standard InChI is InChI=1S/C17H18N2O4/c20-16(14-9-18-8-11-4-1-2-6-13(11)14)19-15(17(21)22)12-5-3-7-23-10-12/h1-2,4,6,8-9,12,15H,3,5,7,10H2,(H,19,20)(H,21,22). The Bertz CT molecular complexity index is 720. The number of aliphatic carboxylic acids is 1. The SMILES string of the molecule is O=C(NC(C(=O)O)C1CCCOC1)c1cncc2ccccc12. The van der Waals surface area contributed by atoms with Crippen LogP contribution in [-0.4, -0.2) is 41.2 Å². The molecule has 2 heterocycles. The number of nitrogens with zero attached hydrogens (tertiary/aromatic N) is 1. The van der Waals surface area contributed by atoms with Crippen LogP contribution in [0.5, 0.6) is 0 Å². The normalized spacial score (nSPS) is 19.2. The molecular formula is C17H18N2O4. The van der Waals surface area contributed by atoms with Crippen molar-refractivity contribution in [3.05, 3.63) is 42.2 Å². The fraction of sp³-hybridized carbons (Fsp3) is 0.353. The minimum atomic E-state index is -1.04. The maximum Gasteiger partial charge on any atom is 0.326 e. The van der Waals surface area contributed by atoms with Crippen LogP contribution in [0.1, 0.15) is 23.2 Å². The number of carbonyl (C=O) groups excluding carboxylic acids is 1. The molecule has 2 N–H and O–H groups in total. The molecule has 1 aliphatic heterocycles. The van der Waals surface area contributed by atoms with Crippen molar-refractivity contribution in [2.24, 2.45) is 5.92 Å². The van der Waals surface area contributed by atoms with Crippen molar-refractivity contribution in [2.45, 2.75) is 18.9 Å². The first kappa shape index (κ1) is 15.4. The number of benzene rings is 1. The number of carboxylic acid groups (broad SMARTS) is 1. The summed E-state index contributed by atoms with van der Waals surface area (Å²) >= 11 is 0. The van der Waals surface area contributed by atoms with E-state index in [-0.39, 0.29) is 5.92 Å². The molecule has 23 heavy (non-hydrogen) atoms. The zero-order valence-electron chi connectivity index (χ0n) is 12.6. The zero-order valence-corrected chi connectivity index (χ0v) is 12.6. The van der Waals surface area contributed by atoms with Crippen LogP contribution in [0.4, 0.5) is 0 Å². The molecular weight excluding hydrogens is 296 g/mol. The van der Waals surface area contributed by atoms with Crippen LogP contribution in [0.25, 0.3) is 10.8 Å². The molecule has 2 atom stereocenters. The molecule has 0 bridgehead atoms. The van der Waals surface area contributed by atoms with E-state index < -0.39 is 17.9 Å². The lowest BCUT2D eigenvalue weighted by Crippen LogP contribution is -2.48. The number of hydrogen-bond acceptors (Lipinski definition) is 4. The predicted molar refractivity (Wildman–Crippen MR) is 84.2 cm³/mol. The second-order valence-electron chi connectivity index (χ2n) is 5.67. The average molecular weight is 314 g/mol. The maximum atomic E-state index is 12.6. The van der Waals surface area contributed by atoms with Crippen LogP contribution >= 0.6 is 0 Å². The van der Waals surface area contributed by atoms with Gasteiger partial charge in [-0.05, 0) is 18.2 Å². The van der Waals surface area contributed by atoms with Gasteiger partial charge in [0.1, 0.15) is 6.04 Å². The molecule has 120 valence electrons. The summed E-state index contributed by atoms with van der Waals surface area (Å²) in [5, 5.41) is 13.7. The number of hydrogen-bond donors (Lipinski definition) is 2. The van der Waals surface area contributed by atoms with Gasteiger partial charge in [0, 0.05) is 30.3 Å². The monoisotopic (exact) mass is 314 g/mol. The molecule has 1 aromatic heterocycles. The molecule has 6 heteroatoms. The summed E-state index contributed by atoms with van der Waals surface area (Å²) in [6.07, 6.45) is 4.68. The lowest BCUT2D eigenvalue weighted by Gasteiger charge is -2.28. The van der Waals surface area contributed by atoms with E-state index in [2.05, 4.69) is 10.3 Å². The Morgan fingerprint density at radius 1 is 1.30 bits per heavy atom. The minimum absolute atomic E-state index is 0.215. The topological polar surface area (TPSA) is 88.5 Å². The summed E-state index contributed by atoms with van der Waals surface area (Å²) in [6, 6.07) is 6.43. The molecule has 1 saturated heterocycles. The Kier molecular flexibility index (Phi) is 4.52. The Morgan fingerprint density at radius 2 is 2.13 bits per heavy atom. The molecule has 3 rings (SSSR count). The van der Waals surface area contributed by atoms with Crippen molar-refractivity contribution < 1.29 is 19.4 Å². The van der Waals surface area contributed by atoms with E-state index in [9.17, 15) is 14.7 Å². The van der Waals surface area contributed by atoms with E-state index in [1.165, 1.54) is 6.20 Å². The maximum absolute atomic E-state index is 12.6. The Labute approximate surface area is 133 Å². The summed E-state index contributed by atoms with van der Waals surface area (Å²) in [5.41, 5.74) is 0.381. The van der Waals surface area contributed by atoms with E-state index in [0.29, 0.717) is 18.8 Å². The van der Waals surface area contributed by atoms with Gasteiger partial charge in [-0.1, -0.05) is 24.3 Å². The summed E-state index contributed by atoms with van der Waals surface area (Å²) < 4.78 is 5.34. The molecule has 2 aromatic rings. The highest BCUT2D eigenvalue weighted by molar-refractivity contribution is 6.07. The lowest BCUT2D eigenvalue weighted by molar-refractivity contribution is -0.142. The number of carbonyl (C=O) groups is 2. The number of amides is 1. The quantitative estimate of drug-likeness (QED) is 0.899. The summed E-state index contributed by atoms with van der Waals surface area (Å²) in [7, 11) is 0. The lowest BCUT2D eigenvalue weighted by atomic mass is 9.93. The van der Waals surface area contributed by atoms with Gasteiger partial charge in [-0.25, -0.2) is 4.79 Å². The summed E-state index contributed by atoms with van der Waals surface area (Å²) in [4.78, 5) is 28.2. The van der Waals surface area contributed by atoms with E-state index in [1.807, 2.05) is 24.3 Å². The first-order valence-electron chi connectivity index (χ1n) is 7.61. The van der Waals surface area contributed by atoms with E-state index >= 15 is 0 Å². The van der Waals surface area contributed by atoms with Crippen LogP contribution < -0.4 is 5.32 Å². The third-order valence-electron chi connectivity index (χ3n) is 4.13. The van der Waals surface area contributed by atoms with Gasteiger partial charge in [-0.3, -0.25) is 9.78 Å². The van der Waals surface area contributed by atoms with Crippen molar-refractivity contribution >= 4 is 22.6 Å². The molecule has 1 aromatic carbocycles. The van der Waals surface area contributed by atoms with Crippen molar-refractivity contribution in [3.63, 3.8) is 0 Å². The number of ether oxygens (including phenoxy) is 1. The first-order chi connectivity index (χ1) is 11.2. The second-order valence-corrected chi connectivity index (χ2v) is 5.67.